The Balaban J connectivity index is 0.000000220. The Labute approximate surface area is 359 Å². The van der Waals surface area contributed by atoms with Crippen molar-refractivity contribution in [2.24, 2.45) is 57.2 Å². The second-order valence-electron chi connectivity index (χ2n) is 20.5. The highest BCUT2D eigenvalue weighted by atomic mass is 16.6. The van der Waals surface area contributed by atoms with Gasteiger partial charge in [0.25, 0.3) is 0 Å². The van der Waals surface area contributed by atoms with Gasteiger partial charge in [-0.25, -0.2) is 0 Å². The van der Waals surface area contributed by atoms with E-state index in [0.29, 0.717) is 61.2 Å². The van der Waals surface area contributed by atoms with Crippen LogP contribution in [0.2, 0.25) is 0 Å². The molecule has 8 aliphatic rings. The summed E-state index contributed by atoms with van der Waals surface area (Å²) in [7, 11) is 0. The van der Waals surface area contributed by atoms with Gasteiger partial charge < -0.3 is 19.7 Å². The molecule has 0 amide bonds. The van der Waals surface area contributed by atoms with E-state index in [-0.39, 0.29) is 74.2 Å². The Hall–Kier alpha value is -2.98. The van der Waals surface area contributed by atoms with Gasteiger partial charge in [-0.15, -0.1) is 0 Å². The van der Waals surface area contributed by atoms with Crippen LogP contribution < -0.4 is 0 Å². The third kappa shape index (κ3) is 7.23. The Morgan fingerprint density at radius 1 is 0.617 bits per heavy atom. The maximum Gasteiger partial charge on any atom is 0.306 e. The van der Waals surface area contributed by atoms with E-state index in [9.17, 15) is 39.0 Å². The van der Waals surface area contributed by atoms with E-state index < -0.39 is 34.6 Å². The van der Waals surface area contributed by atoms with Gasteiger partial charge in [0.05, 0.1) is 0 Å². The molecule has 0 aliphatic heterocycles. The molecule has 336 valence electrons. The molecule has 0 aromatic heterocycles. The highest BCUT2D eigenvalue weighted by Gasteiger charge is 2.69. The highest BCUT2D eigenvalue weighted by Crippen LogP contribution is 2.70. The van der Waals surface area contributed by atoms with E-state index in [1.807, 2.05) is 12.2 Å². The summed E-state index contributed by atoms with van der Waals surface area (Å²) in [6.07, 6.45) is 17.6. The molecule has 0 saturated heterocycles. The molecule has 10 nitrogen and oxygen atoms in total. The minimum absolute atomic E-state index is 0. The summed E-state index contributed by atoms with van der Waals surface area (Å²) in [6, 6.07) is 0. The minimum atomic E-state index is -1.41. The predicted octanol–water partition coefficient (Wildman–Crippen LogP) is 8.82. The monoisotopic (exact) mass is 837 g/mol. The number of ketones is 4. The number of carbonyl (C=O) groups is 6. The van der Waals surface area contributed by atoms with Gasteiger partial charge in [-0.2, -0.15) is 0 Å². The number of hydrogen-bond donors (Lipinski definition) is 2. The van der Waals surface area contributed by atoms with Crippen LogP contribution >= 0.6 is 0 Å². The molecule has 2 unspecified atom stereocenters. The number of carbonyl (C=O) groups excluding carboxylic acids is 6. The van der Waals surface area contributed by atoms with Gasteiger partial charge in [0.1, 0.15) is 12.2 Å². The van der Waals surface area contributed by atoms with Crippen LogP contribution in [0.25, 0.3) is 0 Å². The lowest BCUT2D eigenvalue weighted by molar-refractivity contribution is -0.191. The third-order valence-electron chi connectivity index (χ3n) is 18.5. The largest absolute Gasteiger partial charge is 0.458 e. The zero-order valence-electron chi connectivity index (χ0n) is 35.9. The van der Waals surface area contributed by atoms with Crippen LogP contribution in [-0.2, 0) is 38.2 Å². The number of hydrogen-bond acceptors (Lipinski definition) is 10. The number of aliphatic hydroxyl groups is 2. The molecule has 10 heteroatoms. The molecule has 0 aromatic carbocycles. The first-order valence-electron chi connectivity index (χ1n) is 22.6. The maximum absolute atomic E-state index is 13.0. The van der Waals surface area contributed by atoms with Gasteiger partial charge in [-0.05, 0) is 148 Å². The van der Waals surface area contributed by atoms with Crippen molar-refractivity contribution in [2.45, 2.75) is 183 Å². The topological polar surface area (TPSA) is 161 Å². The number of aliphatic hydroxyl groups excluding tert-OH is 1. The molecular weight excluding hydrogens is 761 g/mol. The number of ether oxygens (including phenoxy) is 2. The van der Waals surface area contributed by atoms with Crippen LogP contribution in [0.3, 0.4) is 0 Å². The molecule has 0 spiro atoms. The standard InChI is InChI=1S/2C24H34O5.2CH4/c1-4-21(27)29-14-20(26)24(28)12-9-19-17-6-5-15-13-16(25)7-10-22(15,2)18(17)8-11-23(19,24)3;1-4-21(28)29-24(20(27)14-25)12-9-19-17-6-5-15-13-16(26)7-10-22(15,2)18(17)8-11-23(19,24)3;;/h13,17-19,28H,4-12,14H2,1-3H3;13,17-19,25H,4-12,14H2,1-3H3;2*1H4/t2*17-,18+,19?,22+,23+,24+;;/m11../s1. The zero-order valence-corrected chi connectivity index (χ0v) is 35.9. The quantitative estimate of drug-likeness (QED) is 0.226. The summed E-state index contributed by atoms with van der Waals surface area (Å²) >= 11 is 0. The lowest BCUT2D eigenvalue weighted by Gasteiger charge is -2.59. The van der Waals surface area contributed by atoms with Gasteiger partial charge in [-0.1, -0.05) is 67.5 Å². The molecule has 60 heavy (non-hydrogen) atoms. The van der Waals surface area contributed by atoms with Crippen molar-refractivity contribution in [3.05, 3.63) is 23.3 Å². The van der Waals surface area contributed by atoms with Gasteiger partial charge >= 0.3 is 11.9 Å². The average Bonchev–Trinajstić information content (AvgIpc) is 3.67. The van der Waals surface area contributed by atoms with Crippen molar-refractivity contribution < 1.29 is 48.5 Å². The number of Topliss-reactive ketones (excluding diaryl/α,β-unsaturated/α-hetero) is 2. The van der Waals surface area contributed by atoms with E-state index in [4.69, 9.17) is 9.47 Å². The molecule has 12 atom stereocenters. The predicted molar refractivity (Wildman–Crippen MR) is 229 cm³/mol. The normalized spacial score (nSPS) is 42.2. The zero-order chi connectivity index (χ0) is 42.1. The van der Waals surface area contributed by atoms with E-state index >= 15 is 0 Å². The summed E-state index contributed by atoms with van der Waals surface area (Å²) in [6.45, 7) is 11.4. The van der Waals surface area contributed by atoms with Crippen LogP contribution in [0.4, 0.5) is 0 Å². The Morgan fingerprint density at radius 2 is 1.08 bits per heavy atom. The molecule has 0 aromatic rings. The van der Waals surface area contributed by atoms with E-state index in [0.717, 1.165) is 77.0 Å². The van der Waals surface area contributed by atoms with Gasteiger partial charge in [0.2, 0.25) is 11.6 Å². The van der Waals surface area contributed by atoms with Gasteiger partial charge in [-0.3, -0.25) is 28.8 Å². The van der Waals surface area contributed by atoms with Crippen molar-refractivity contribution in [1.29, 1.82) is 0 Å². The molecular formula is C50H76O10. The number of esters is 2. The number of rotatable bonds is 8. The van der Waals surface area contributed by atoms with Gasteiger partial charge in [0.15, 0.2) is 23.8 Å². The Bertz CT molecular complexity index is 1790. The summed E-state index contributed by atoms with van der Waals surface area (Å²) in [5.41, 5.74) is -0.682. The van der Waals surface area contributed by atoms with Crippen LogP contribution in [0.15, 0.2) is 23.3 Å². The van der Waals surface area contributed by atoms with Crippen molar-refractivity contribution in [1.82, 2.24) is 0 Å². The highest BCUT2D eigenvalue weighted by molar-refractivity contribution is 5.93. The summed E-state index contributed by atoms with van der Waals surface area (Å²) in [5.74, 6) is 1.66. The van der Waals surface area contributed by atoms with Crippen LogP contribution in [0, 0.1) is 57.2 Å². The fraction of sp³-hybridized carbons (Fsp3) is 0.800. The van der Waals surface area contributed by atoms with E-state index in [1.165, 1.54) is 11.1 Å². The number of allylic oxidation sites excluding steroid dienone is 2. The summed E-state index contributed by atoms with van der Waals surface area (Å²) < 4.78 is 11.0. The molecule has 8 rings (SSSR count). The fourth-order valence-corrected chi connectivity index (χ4v) is 15.0. The van der Waals surface area contributed by atoms with Crippen LogP contribution in [0.5, 0.6) is 0 Å². The molecule has 8 aliphatic carbocycles. The van der Waals surface area contributed by atoms with Crippen LogP contribution in [0.1, 0.15) is 172 Å². The SMILES string of the molecule is C.C.CCC(=O)OCC(=O)[C@@]1(O)CCC2[C@@H]3CCC4=CC(=O)CC[C@]4(C)[C@H]3CC[C@@]21C.CCC(=O)O[C@]1(C(=O)CO)CCC2[C@@H]3CCC4=CC(=O)CC[C@]4(C)[C@H]3CC[C@@]21C. The molecule has 0 bridgehead atoms. The smallest absolute Gasteiger partial charge is 0.306 e. The first kappa shape index (κ1) is 48.1. The summed E-state index contributed by atoms with van der Waals surface area (Å²) in [5, 5.41) is 21.2. The van der Waals surface area contributed by atoms with Gasteiger partial charge in [0, 0.05) is 36.5 Å². The maximum atomic E-state index is 13.0. The van der Waals surface area contributed by atoms with E-state index in [1.54, 1.807) is 13.8 Å². The van der Waals surface area contributed by atoms with Crippen molar-refractivity contribution in [3.63, 3.8) is 0 Å². The second kappa shape index (κ2) is 17.3. The van der Waals surface area contributed by atoms with Crippen molar-refractivity contribution >= 4 is 35.1 Å². The first-order valence-corrected chi connectivity index (χ1v) is 22.6. The Kier molecular flexibility index (Phi) is 13.9. The molecule has 6 saturated carbocycles. The fourth-order valence-electron chi connectivity index (χ4n) is 15.0. The molecule has 2 N–H and O–H groups in total. The second-order valence-corrected chi connectivity index (χ2v) is 20.5. The third-order valence-corrected chi connectivity index (χ3v) is 18.5. The molecule has 0 radical (unpaired) electrons. The van der Waals surface area contributed by atoms with Crippen molar-refractivity contribution in [2.75, 3.05) is 13.2 Å². The first-order chi connectivity index (χ1) is 27.4. The van der Waals surface area contributed by atoms with Crippen LogP contribution in [-0.4, -0.2) is 69.7 Å². The lowest BCUT2D eigenvalue weighted by atomic mass is 9.46. The molecule has 6 fully saturated rings. The Morgan fingerprint density at radius 3 is 1.58 bits per heavy atom. The average molecular weight is 837 g/mol. The minimum Gasteiger partial charge on any atom is -0.458 e. The molecule has 0 heterocycles. The number of fused-ring (bicyclic) bond motifs is 10. The summed E-state index contributed by atoms with van der Waals surface area (Å²) in [4.78, 5) is 73.6. The van der Waals surface area contributed by atoms with Crippen molar-refractivity contribution in [3.8, 4) is 0 Å². The lowest BCUT2D eigenvalue weighted by Crippen LogP contribution is -2.59. The van der Waals surface area contributed by atoms with E-state index in [2.05, 4.69) is 27.7 Å².